The zero-order valence-electron chi connectivity index (χ0n) is 13.7. The molecule has 1 saturated heterocycles. The minimum atomic E-state index is -0.168. The van der Waals surface area contributed by atoms with Gasteiger partial charge in [-0.3, -0.25) is 14.5 Å². The van der Waals surface area contributed by atoms with E-state index in [1.165, 1.54) is 6.20 Å². The van der Waals surface area contributed by atoms with Crippen molar-refractivity contribution < 1.29 is 4.52 Å². The van der Waals surface area contributed by atoms with E-state index in [2.05, 4.69) is 30.1 Å². The first kappa shape index (κ1) is 14.9. The molecular formula is C15H19N7O2. The first-order valence-corrected chi connectivity index (χ1v) is 8.15. The predicted octanol–water partition coefficient (Wildman–Crippen LogP) is 0.986. The third-order valence-corrected chi connectivity index (χ3v) is 4.46. The van der Waals surface area contributed by atoms with Gasteiger partial charge in [0, 0.05) is 32.5 Å². The topological polar surface area (TPSA) is 106 Å². The fraction of sp³-hybridized carbons (Fsp3) is 0.533. The molecule has 0 unspecified atom stereocenters. The average Bonchev–Trinajstić information content (AvgIpc) is 3.22. The maximum absolute atomic E-state index is 12.2. The van der Waals surface area contributed by atoms with Crippen LogP contribution in [-0.2, 0) is 13.5 Å². The summed E-state index contributed by atoms with van der Waals surface area (Å²) in [7, 11) is 1.78. The second kappa shape index (κ2) is 5.73. The monoisotopic (exact) mass is 329 g/mol. The Labute approximate surface area is 137 Å². The Balaban J connectivity index is 1.64. The maximum Gasteiger partial charge on any atom is 0.263 e. The average molecular weight is 329 g/mol. The number of anilines is 1. The van der Waals surface area contributed by atoms with E-state index in [-0.39, 0.29) is 11.5 Å². The first-order valence-electron chi connectivity index (χ1n) is 8.15. The van der Waals surface area contributed by atoms with E-state index in [0.29, 0.717) is 29.4 Å². The Hall–Kier alpha value is -2.71. The summed E-state index contributed by atoms with van der Waals surface area (Å²) in [5, 5.41) is 8.69. The molecule has 4 heterocycles. The van der Waals surface area contributed by atoms with Gasteiger partial charge in [0.1, 0.15) is 5.39 Å². The van der Waals surface area contributed by atoms with Crippen molar-refractivity contribution in [2.24, 2.45) is 7.05 Å². The maximum atomic E-state index is 12.2. The quantitative estimate of drug-likeness (QED) is 0.763. The van der Waals surface area contributed by atoms with Gasteiger partial charge in [-0.15, -0.1) is 0 Å². The van der Waals surface area contributed by atoms with Crippen molar-refractivity contribution in [1.29, 1.82) is 0 Å². The normalized spacial score (nSPS) is 18.4. The molecule has 0 aromatic carbocycles. The molecule has 1 N–H and O–H groups in total. The summed E-state index contributed by atoms with van der Waals surface area (Å²) in [6, 6.07) is 0. The molecule has 0 bridgehead atoms. The van der Waals surface area contributed by atoms with Crippen molar-refractivity contribution in [2.75, 3.05) is 18.0 Å². The SMILES string of the molecule is CCc1nc([C@@H]2CCCN(c3nc4c(cnn4C)c(=O)[nH]3)C2)no1. The van der Waals surface area contributed by atoms with Gasteiger partial charge in [-0.1, -0.05) is 12.1 Å². The molecule has 1 fully saturated rings. The summed E-state index contributed by atoms with van der Waals surface area (Å²) in [5.41, 5.74) is 0.418. The molecule has 3 aromatic rings. The third kappa shape index (κ3) is 2.45. The molecule has 1 aliphatic heterocycles. The molecule has 0 aliphatic carbocycles. The highest BCUT2D eigenvalue weighted by molar-refractivity contribution is 5.74. The lowest BCUT2D eigenvalue weighted by atomic mass is 9.98. The second-order valence-electron chi connectivity index (χ2n) is 6.08. The van der Waals surface area contributed by atoms with Gasteiger partial charge in [0.15, 0.2) is 11.5 Å². The molecule has 24 heavy (non-hydrogen) atoms. The fourth-order valence-electron chi connectivity index (χ4n) is 3.13. The van der Waals surface area contributed by atoms with Crippen LogP contribution in [0.15, 0.2) is 15.5 Å². The van der Waals surface area contributed by atoms with E-state index in [1.54, 1.807) is 11.7 Å². The molecule has 9 heteroatoms. The number of H-pyrrole nitrogens is 1. The van der Waals surface area contributed by atoms with E-state index in [4.69, 9.17) is 4.52 Å². The number of nitrogens with zero attached hydrogens (tertiary/aromatic N) is 6. The highest BCUT2D eigenvalue weighted by Crippen LogP contribution is 2.27. The molecule has 4 rings (SSSR count). The standard InChI is InChI=1S/C15H19N7O2/c1-3-11-17-12(20-24-11)9-5-4-6-22(8-9)15-18-13-10(14(23)19-15)7-16-21(13)2/h7,9H,3-6,8H2,1-2H3,(H,18,19,23)/t9-/m1/s1. The molecule has 1 atom stereocenters. The van der Waals surface area contributed by atoms with Crippen LogP contribution in [0.1, 0.15) is 37.4 Å². The third-order valence-electron chi connectivity index (χ3n) is 4.46. The highest BCUT2D eigenvalue weighted by Gasteiger charge is 2.27. The lowest BCUT2D eigenvalue weighted by molar-refractivity contribution is 0.367. The predicted molar refractivity (Wildman–Crippen MR) is 87.0 cm³/mol. The second-order valence-corrected chi connectivity index (χ2v) is 6.08. The Morgan fingerprint density at radius 3 is 3.08 bits per heavy atom. The number of piperidine rings is 1. The number of fused-ring (bicyclic) bond motifs is 1. The van der Waals surface area contributed by atoms with Gasteiger partial charge in [0.2, 0.25) is 11.8 Å². The smallest absolute Gasteiger partial charge is 0.263 e. The molecule has 126 valence electrons. The van der Waals surface area contributed by atoms with E-state index < -0.39 is 0 Å². The van der Waals surface area contributed by atoms with E-state index in [1.807, 2.05) is 6.92 Å². The van der Waals surface area contributed by atoms with Crippen LogP contribution in [-0.4, -0.2) is 43.0 Å². The van der Waals surface area contributed by atoms with Gasteiger partial charge in [-0.2, -0.15) is 15.1 Å². The van der Waals surface area contributed by atoms with Crippen LogP contribution in [0.4, 0.5) is 5.95 Å². The summed E-state index contributed by atoms with van der Waals surface area (Å²) < 4.78 is 6.84. The number of hydrogen-bond donors (Lipinski definition) is 1. The van der Waals surface area contributed by atoms with Gasteiger partial charge in [-0.25, -0.2) is 0 Å². The Morgan fingerprint density at radius 1 is 1.42 bits per heavy atom. The zero-order chi connectivity index (χ0) is 16.7. The summed E-state index contributed by atoms with van der Waals surface area (Å²) in [4.78, 5) is 26.2. The number of aryl methyl sites for hydroxylation is 2. The molecular weight excluding hydrogens is 310 g/mol. The summed E-state index contributed by atoms with van der Waals surface area (Å²) in [6.07, 6.45) is 4.25. The largest absolute Gasteiger partial charge is 0.342 e. The fourth-order valence-corrected chi connectivity index (χ4v) is 3.13. The Kier molecular flexibility index (Phi) is 3.55. The summed E-state index contributed by atoms with van der Waals surface area (Å²) in [6.45, 7) is 3.53. The van der Waals surface area contributed by atoms with Gasteiger partial charge >= 0.3 is 0 Å². The molecule has 0 spiro atoms. The molecule has 0 radical (unpaired) electrons. The Morgan fingerprint density at radius 2 is 2.29 bits per heavy atom. The number of aromatic amines is 1. The lowest BCUT2D eigenvalue weighted by Crippen LogP contribution is -2.37. The number of aromatic nitrogens is 6. The van der Waals surface area contributed by atoms with Gasteiger partial charge < -0.3 is 9.42 Å². The van der Waals surface area contributed by atoms with Crippen LogP contribution in [0, 0.1) is 0 Å². The zero-order valence-corrected chi connectivity index (χ0v) is 13.7. The van der Waals surface area contributed by atoms with Crippen LogP contribution < -0.4 is 10.5 Å². The number of nitrogens with one attached hydrogen (secondary N) is 1. The molecule has 9 nitrogen and oxygen atoms in total. The van der Waals surface area contributed by atoms with Gasteiger partial charge in [0.25, 0.3) is 5.56 Å². The van der Waals surface area contributed by atoms with Crippen molar-refractivity contribution in [1.82, 2.24) is 29.9 Å². The summed E-state index contributed by atoms with van der Waals surface area (Å²) >= 11 is 0. The minimum Gasteiger partial charge on any atom is -0.342 e. The molecule has 1 aliphatic rings. The van der Waals surface area contributed by atoms with Gasteiger partial charge in [-0.05, 0) is 12.8 Å². The van der Waals surface area contributed by atoms with E-state index in [0.717, 1.165) is 31.6 Å². The van der Waals surface area contributed by atoms with Gasteiger partial charge in [0.05, 0.1) is 6.20 Å². The van der Waals surface area contributed by atoms with Crippen molar-refractivity contribution in [3.05, 3.63) is 28.3 Å². The number of hydrogen-bond acceptors (Lipinski definition) is 7. The molecule has 0 amide bonds. The molecule has 0 saturated carbocycles. The van der Waals surface area contributed by atoms with Crippen molar-refractivity contribution in [2.45, 2.75) is 32.1 Å². The highest BCUT2D eigenvalue weighted by atomic mass is 16.5. The summed E-state index contributed by atoms with van der Waals surface area (Å²) in [5.74, 6) is 2.14. The van der Waals surface area contributed by atoms with Crippen molar-refractivity contribution >= 4 is 17.0 Å². The molecule has 3 aromatic heterocycles. The Bertz CT molecular complexity index is 925. The van der Waals surface area contributed by atoms with Crippen LogP contribution in [0.5, 0.6) is 0 Å². The van der Waals surface area contributed by atoms with Crippen LogP contribution in [0.3, 0.4) is 0 Å². The van der Waals surface area contributed by atoms with Crippen molar-refractivity contribution in [3.8, 4) is 0 Å². The van der Waals surface area contributed by atoms with E-state index >= 15 is 0 Å². The van der Waals surface area contributed by atoms with E-state index in [9.17, 15) is 4.79 Å². The van der Waals surface area contributed by atoms with Crippen LogP contribution in [0.2, 0.25) is 0 Å². The van der Waals surface area contributed by atoms with Crippen LogP contribution >= 0.6 is 0 Å². The van der Waals surface area contributed by atoms with Crippen LogP contribution in [0.25, 0.3) is 11.0 Å². The lowest BCUT2D eigenvalue weighted by Gasteiger charge is -2.31. The first-order chi connectivity index (χ1) is 11.7. The van der Waals surface area contributed by atoms with Crippen molar-refractivity contribution in [3.63, 3.8) is 0 Å². The minimum absolute atomic E-state index is 0.168. The number of rotatable bonds is 3.